The second-order valence-corrected chi connectivity index (χ2v) is 0.612. The Kier molecular flexibility index (Phi) is 3.96. The van der Waals surface area contributed by atoms with Gasteiger partial charge in [-0.1, -0.05) is 0 Å². The highest BCUT2D eigenvalue weighted by atomic mass is 32.1. The average Bonchev–Trinajstić information content (AvgIpc) is 2.19. The molecular formula is C2H4O2S. The maximum atomic E-state index is 7.83. The summed E-state index contributed by atoms with van der Waals surface area (Å²) in [4.78, 5) is 0. The lowest BCUT2D eigenvalue weighted by Gasteiger charge is -1.24. The highest BCUT2D eigenvalue weighted by molar-refractivity contribution is 7.44. The van der Waals surface area contributed by atoms with E-state index in [1.807, 2.05) is 0 Å². The molecule has 1 saturated heterocycles. The molecule has 0 N–H and O–H groups in total. The van der Waals surface area contributed by atoms with Gasteiger partial charge in [0, 0.05) is 0 Å². The van der Waals surface area contributed by atoms with Crippen LogP contribution in [0.4, 0.5) is 0 Å². The van der Waals surface area contributed by atoms with Crippen LogP contribution in [-0.4, -0.2) is 17.4 Å². The Hall–Kier alpha value is -0.0200. The molecule has 0 amide bonds. The van der Waals surface area contributed by atoms with E-state index in [0.29, 0.717) is 0 Å². The van der Waals surface area contributed by atoms with E-state index in [1.54, 1.807) is 0 Å². The molecule has 30 valence electrons. The molecule has 1 aliphatic rings. The molecule has 0 aromatic carbocycles. The monoisotopic (exact) mass is 92.0 g/mol. The quantitative estimate of drug-likeness (QED) is 0.383. The highest BCUT2D eigenvalue weighted by Crippen LogP contribution is 1.84. The Labute approximate surface area is 35.7 Å². The average molecular weight is 92.1 g/mol. The molecule has 0 aliphatic carbocycles. The Morgan fingerprint density at radius 2 is 1.60 bits per heavy atom. The van der Waals surface area contributed by atoms with Crippen molar-refractivity contribution in [3.63, 3.8) is 0 Å². The molecule has 1 fully saturated rings. The van der Waals surface area contributed by atoms with Gasteiger partial charge in [-0.2, -0.15) is 4.21 Å². The first-order valence-corrected chi connectivity index (χ1v) is 1.58. The number of ether oxygens (including phenoxy) is 1. The standard InChI is InChI=1S/C2H4O.OS/c1-2-3-1;1-2/h1-2H2;. The molecule has 0 saturated carbocycles. The predicted octanol–water partition coefficient (Wildman–Crippen LogP) is -0.320. The van der Waals surface area contributed by atoms with E-state index in [1.165, 1.54) is 0 Å². The van der Waals surface area contributed by atoms with Gasteiger partial charge in [0.2, 0.25) is 0 Å². The molecule has 1 heterocycles. The van der Waals surface area contributed by atoms with Crippen LogP contribution in [0.2, 0.25) is 0 Å². The number of hydrogen-bond donors (Lipinski definition) is 0. The third-order valence-corrected chi connectivity index (χ3v) is 0.204. The summed E-state index contributed by atoms with van der Waals surface area (Å²) in [6.45, 7) is 2.00. The minimum Gasteiger partial charge on any atom is -0.377 e. The molecule has 0 atom stereocenters. The van der Waals surface area contributed by atoms with Crippen LogP contribution in [0.5, 0.6) is 0 Å². The van der Waals surface area contributed by atoms with Crippen molar-refractivity contribution in [2.75, 3.05) is 13.2 Å². The molecule has 1 aliphatic heterocycles. The van der Waals surface area contributed by atoms with Gasteiger partial charge in [0.25, 0.3) is 0 Å². The van der Waals surface area contributed by atoms with Crippen LogP contribution >= 0.6 is 0 Å². The van der Waals surface area contributed by atoms with Crippen molar-refractivity contribution in [2.45, 2.75) is 0 Å². The first-order valence-electron chi connectivity index (χ1n) is 1.24. The summed E-state index contributed by atoms with van der Waals surface area (Å²) in [6, 6.07) is 0. The number of hydrogen-bond acceptors (Lipinski definition) is 3. The van der Waals surface area contributed by atoms with E-state index < -0.39 is 0 Å². The largest absolute Gasteiger partial charge is 0.377 e. The lowest BCUT2D eigenvalue weighted by Crippen LogP contribution is -1.20. The van der Waals surface area contributed by atoms with E-state index in [0.717, 1.165) is 13.2 Å². The van der Waals surface area contributed by atoms with Crippen molar-refractivity contribution >= 4 is 12.5 Å². The second kappa shape index (κ2) is 3.98. The van der Waals surface area contributed by atoms with E-state index >= 15 is 0 Å². The summed E-state index contributed by atoms with van der Waals surface area (Å²) in [7, 11) is 0. The summed E-state index contributed by atoms with van der Waals surface area (Å²) < 4.78 is 12.3. The van der Waals surface area contributed by atoms with Crippen LogP contribution in [0.25, 0.3) is 0 Å². The van der Waals surface area contributed by atoms with Crippen molar-refractivity contribution in [1.29, 1.82) is 0 Å². The van der Waals surface area contributed by atoms with Gasteiger partial charge in [-0.3, -0.25) is 0 Å². The van der Waals surface area contributed by atoms with Gasteiger partial charge < -0.3 is 4.74 Å². The first-order chi connectivity index (χ1) is 2.50. The second-order valence-electron chi connectivity index (χ2n) is 0.612. The van der Waals surface area contributed by atoms with E-state index in [-0.39, 0.29) is 0 Å². The van der Waals surface area contributed by atoms with Gasteiger partial charge in [-0.15, -0.1) is 0 Å². The summed E-state index contributed by atoms with van der Waals surface area (Å²) in [5.41, 5.74) is 0. The van der Waals surface area contributed by atoms with E-state index in [9.17, 15) is 0 Å². The van der Waals surface area contributed by atoms with Crippen molar-refractivity contribution in [3.05, 3.63) is 0 Å². The van der Waals surface area contributed by atoms with Crippen LogP contribution in [-0.2, 0) is 17.3 Å². The molecule has 0 radical (unpaired) electrons. The molecule has 5 heavy (non-hydrogen) atoms. The molecular weight excluding hydrogens is 88.1 g/mol. The Morgan fingerprint density at radius 1 is 1.40 bits per heavy atom. The van der Waals surface area contributed by atoms with Crippen molar-refractivity contribution in [3.8, 4) is 0 Å². The molecule has 0 aromatic rings. The zero-order valence-electron chi connectivity index (χ0n) is 2.64. The van der Waals surface area contributed by atoms with Crippen molar-refractivity contribution in [2.24, 2.45) is 0 Å². The maximum absolute atomic E-state index is 7.83. The normalized spacial score (nSPS) is 15.2. The van der Waals surface area contributed by atoms with E-state index in [4.69, 9.17) is 4.21 Å². The minimum absolute atomic E-state index is 1.00. The first kappa shape index (κ1) is 4.98. The summed E-state index contributed by atoms with van der Waals surface area (Å²) in [5, 5.41) is 0. The third kappa shape index (κ3) is 16.2. The summed E-state index contributed by atoms with van der Waals surface area (Å²) in [5.74, 6) is 0. The van der Waals surface area contributed by atoms with Gasteiger partial charge >= 0.3 is 0 Å². The van der Waals surface area contributed by atoms with Gasteiger partial charge in [-0.05, 0) is 0 Å². The summed E-state index contributed by atoms with van der Waals surface area (Å²) in [6.07, 6.45) is 0. The highest BCUT2D eigenvalue weighted by Gasteiger charge is 1.94. The molecule has 1 rings (SSSR count). The maximum Gasteiger partial charge on any atom is 0.197 e. The van der Waals surface area contributed by atoms with Gasteiger partial charge in [-0.25, -0.2) is 0 Å². The SMILES string of the molecule is C1CO1.O=S. The molecule has 0 unspecified atom stereocenters. The lowest BCUT2D eigenvalue weighted by atomic mass is 11.0. The minimum atomic E-state index is 1.00. The fraction of sp³-hybridized carbons (Fsp3) is 1.00. The predicted molar refractivity (Wildman–Crippen MR) is 19.0 cm³/mol. The van der Waals surface area contributed by atoms with Crippen LogP contribution in [0.3, 0.4) is 0 Å². The number of rotatable bonds is 0. The van der Waals surface area contributed by atoms with E-state index in [2.05, 4.69) is 17.3 Å². The Morgan fingerprint density at radius 3 is 1.60 bits per heavy atom. The van der Waals surface area contributed by atoms with Crippen molar-refractivity contribution < 1.29 is 8.95 Å². The van der Waals surface area contributed by atoms with Gasteiger partial charge in [0.1, 0.15) is 0 Å². The Bertz CT molecular complexity index is 18.9. The van der Waals surface area contributed by atoms with Crippen LogP contribution in [0.1, 0.15) is 0 Å². The van der Waals surface area contributed by atoms with Crippen LogP contribution in [0.15, 0.2) is 0 Å². The number of epoxide rings is 1. The van der Waals surface area contributed by atoms with Crippen LogP contribution in [0, 0.1) is 0 Å². The third-order valence-electron chi connectivity index (χ3n) is 0.204. The topological polar surface area (TPSA) is 29.6 Å². The van der Waals surface area contributed by atoms with Crippen molar-refractivity contribution in [1.82, 2.24) is 0 Å². The van der Waals surface area contributed by atoms with Gasteiger partial charge in [0.05, 0.1) is 13.2 Å². The smallest absolute Gasteiger partial charge is 0.197 e. The summed E-state index contributed by atoms with van der Waals surface area (Å²) >= 11 is 2.83. The Balaban J connectivity index is 0.0000000733. The molecule has 3 heteroatoms. The molecule has 2 nitrogen and oxygen atoms in total. The molecule has 0 bridgehead atoms. The van der Waals surface area contributed by atoms with Gasteiger partial charge in [0.15, 0.2) is 12.5 Å². The fourth-order valence-electron chi connectivity index (χ4n) is 0. The molecule has 0 spiro atoms. The van der Waals surface area contributed by atoms with Crippen LogP contribution < -0.4 is 0 Å². The zero-order chi connectivity index (χ0) is 4.12. The fourth-order valence-corrected chi connectivity index (χ4v) is 0. The lowest BCUT2D eigenvalue weighted by molar-refractivity contribution is 0.475. The zero-order valence-corrected chi connectivity index (χ0v) is 3.46. The molecule has 0 aromatic heterocycles.